The van der Waals surface area contributed by atoms with Crippen molar-refractivity contribution in [2.45, 2.75) is 58.8 Å². The minimum atomic E-state index is 0.293. The highest BCUT2D eigenvalue weighted by Crippen LogP contribution is 2.21. The van der Waals surface area contributed by atoms with Crippen LogP contribution < -0.4 is 0 Å². The van der Waals surface area contributed by atoms with Gasteiger partial charge in [-0.05, 0) is 45.1 Å². The zero-order valence-electron chi connectivity index (χ0n) is 12.3. The van der Waals surface area contributed by atoms with Crippen molar-refractivity contribution in [1.29, 1.82) is 0 Å². The molecule has 1 aliphatic rings. The molecule has 1 aromatic rings. The average Bonchev–Trinajstić information content (AvgIpc) is 2.55. The molecule has 0 saturated heterocycles. The second kappa shape index (κ2) is 6.18. The van der Waals surface area contributed by atoms with Crippen LogP contribution in [0.1, 0.15) is 55.5 Å². The topological polar surface area (TPSA) is 34.9 Å². The minimum absolute atomic E-state index is 0.293. The maximum Gasteiger partial charge on any atom is 0.163 e. The number of Topliss-reactive ketones (excluding diaryl/α,β-unsaturated/α-hetero) is 1. The van der Waals surface area contributed by atoms with Crippen LogP contribution >= 0.6 is 0 Å². The number of aryl methyl sites for hydroxylation is 2. The van der Waals surface area contributed by atoms with E-state index in [1.54, 1.807) is 0 Å². The van der Waals surface area contributed by atoms with E-state index in [9.17, 15) is 4.79 Å². The van der Waals surface area contributed by atoms with Crippen LogP contribution in [0.5, 0.6) is 0 Å². The molecule has 0 bridgehead atoms. The molecule has 2 rings (SSSR count). The minimum Gasteiger partial charge on any atom is -0.294 e. The fraction of sp³-hybridized carbons (Fsp3) is 0.625. The summed E-state index contributed by atoms with van der Waals surface area (Å²) in [5.41, 5.74) is 4.25. The lowest BCUT2D eigenvalue weighted by molar-refractivity contribution is -0.115. The Morgan fingerprint density at radius 3 is 2.68 bits per heavy atom. The zero-order chi connectivity index (χ0) is 13.8. The van der Waals surface area contributed by atoms with Crippen molar-refractivity contribution in [2.75, 3.05) is 0 Å². The molecule has 1 heterocycles. The predicted octanol–water partition coefficient (Wildman–Crippen LogP) is 3.43. The average molecular weight is 260 g/mol. The van der Waals surface area contributed by atoms with Gasteiger partial charge in [0, 0.05) is 24.7 Å². The van der Waals surface area contributed by atoms with Gasteiger partial charge in [-0.15, -0.1) is 0 Å². The highest BCUT2D eigenvalue weighted by molar-refractivity contribution is 5.97. The number of hydrogen-bond acceptors (Lipinski definition) is 2. The lowest BCUT2D eigenvalue weighted by atomic mass is 9.94. The van der Waals surface area contributed by atoms with Crippen molar-refractivity contribution >= 4 is 5.78 Å². The van der Waals surface area contributed by atoms with Gasteiger partial charge in [-0.3, -0.25) is 9.48 Å². The van der Waals surface area contributed by atoms with Crippen LogP contribution in [0.2, 0.25) is 0 Å². The van der Waals surface area contributed by atoms with E-state index in [2.05, 4.69) is 11.2 Å². The monoisotopic (exact) mass is 260 g/mol. The van der Waals surface area contributed by atoms with Crippen molar-refractivity contribution in [3.8, 4) is 0 Å². The van der Waals surface area contributed by atoms with E-state index in [1.165, 1.54) is 19.3 Å². The molecule has 0 aliphatic heterocycles. The number of allylic oxidation sites excluding steroid dienone is 2. The fourth-order valence-electron chi connectivity index (χ4n) is 2.79. The van der Waals surface area contributed by atoms with Crippen LogP contribution in [-0.2, 0) is 18.3 Å². The van der Waals surface area contributed by atoms with Gasteiger partial charge in [-0.1, -0.05) is 18.9 Å². The van der Waals surface area contributed by atoms with Crippen molar-refractivity contribution in [3.63, 3.8) is 0 Å². The third kappa shape index (κ3) is 3.34. The highest BCUT2D eigenvalue weighted by atomic mass is 16.1. The predicted molar refractivity (Wildman–Crippen MR) is 77.2 cm³/mol. The Balaban J connectivity index is 2.11. The number of rotatable bonds is 3. The van der Waals surface area contributed by atoms with Gasteiger partial charge in [-0.25, -0.2) is 0 Å². The Bertz CT molecular complexity index is 497. The van der Waals surface area contributed by atoms with Gasteiger partial charge in [0.2, 0.25) is 0 Å². The highest BCUT2D eigenvalue weighted by Gasteiger charge is 2.16. The second-order valence-corrected chi connectivity index (χ2v) is 5.56. The number of carbonyl (C=O) groups excluding carboxylic acids is 1. The number of aromatic nitrogens is 2. The SMILES string of the molecule is Cc1nn(C)c(C)c1CC(=O)C1=CCCCCCC1. The Morgan fingerprint density at radius 1 is 1.26 bits per heavy atom. The van der Waals surface area contributed by atoms with Crippen LogP contribution in [0, 0.1) is 13.8 Å². The number of ketones is 1. The molecule has 0 unspecified atom stereocenters. The summed E-state index contributed by atoms with van der Waals surface area (Å²) >= 11 is 0. The molecular weight excluding hydrogens is 236 g/mol. The maximum absolute atomic E-state index is 12.4. The first-order chi connectivity index (χ1) is 9.09. The van der Waals surface area contributed by atoms with Crippen molar-refractivity contribution in [1.82, 2.24) is 9.78 Å². The summed E-state index contributed by atoms with van der Waals surface area (Å²) in [4.78, 5) is 12.4. The Labute approximate surface area is 115 Å². The van der Waals surface area contributed by atoms with Crippen molar-refractivity contribution < 1.29 is 4.79 Å². The molecular formula is C16H24N2O. The lowest BCUT2D eigenvalue weighted by Gasteiger charge is -2.10. The summed E-state index contributed by atoms with van der Waals surface area (Å²) in [5.74, 6) is 0.293. The molecule has 3 nitrogen and oxygen atoms in total. The third-order valence-electron chi connectivity index (χ3n) is 4.15. The van der Waals surface area contributed by atoms with Crippen LogP contribution in [0.4, 0.5) is 0 Å². The molecule has 0 aromatic carbocycles. The zero-order valence-corrected chi connectivity index (χ0v) is 12.3. The summed E-state index contributed by atoms with van der Waals surface area (Å²) in [5, 5.41) is 4.39. The molecule has 0 spiro atoms. The summed E-state index contributed by atoms with van der Waals surface area (Å²) in [7, 11) is 1.94. The van der Waals surface area contributed by atoms with Crippen LogP contribution in [0.25, 0.3) is 0 Å². The smallest absolute Gasteiger partial charge is 0.163 e. The molecule has 104 valence electrons. The van der Waals surface area contributed by atoms with Gasteiger partial charge < -0.3 is 0 Å². The summed E-state index contributed by atoms with van der Waals surface area (Å²) in [6.07, 6.45) is 9.64. The standard InChI is InChI=1S/C16H24N2O/c1-12-15(13(2)18(3)17-12)11-16(19)14-9-7-5-4-6-8-10-14/h9H,4-8,10-11H2,1-3H3. The Hall–Kier alpha value is -1.38. The van der Waals surface area contributed by atoms with E-state index in [-0.39, 0.29) is 0 Å². The molecule has 0 radical (unpaired) electrons. The van der Waals surface area contributed by atoms with E-state index in [1.807, 2.05) is 25.6 Å². The molecule has 3 heteroatoms. The van der Waals surface area contributed by atoms with Crippen molar-refractivity contribution in [3.05, 3.63) is 28.6 Å². The number of carbonyl (C=O) groups is 1. The van der Waals surface area contributed by atoms with Gasteiger partial charge in [0.1, 0.15) is 0 Å². The first kappa shape index (κ1) is 14.0. The first-order valence-corrected chi connectivity index (χ1v) is 7.31. The molecule has 0 saturated carbocycles. The molecule has 0 atom stereocenters. The van der Waals surface area contributed by atoms with Crippen LogP contribution in [0.3, 0.4) is 0 Å². The van der Waals surface area contributed by atoms with Gasteiger partial charge in [-0.2, -0.15) is 5.10 Å². The molecule has 19 heavy (non-hydrogen) atoms. The van der Waals surface area contributed by atoms with E-state index < -0.39 is 0 Å². The quantitative estimate of drug-likeness (QED) is 0.834. The van der Waals surface area contributed by atoms with E-state index in [4.69, 9.17) is 0 Å². The Morgan fingerprint density at radius 2 is 2.00 bits per heavy atom. The largest absolute Gasteiger partial charge is 0.294 e. The van der Waals surface area contributed by atoms with E-state index >= 15 is 0 Å². The summed E-state index contributed by atoms with van der Waals surface area (Å²) in [6, 6.07) is 0. The number of hydrogen-bond donors (Lipinski definition) is 0. The van der Waals surface area contributed by atoms with Gasteiger partial charge in [0.15, 0.2) is 5.78 Å². The van der Waals surface area contributed by atoms with Crippen LogP contribution in [-0.4, -0.2) is 15.6 Å². The summed E-state index contributed by atoms with van der Waals surface area (Å²) < 4.78 is 1.87. The van der Waals surface area contributed by atoms with Gasteiger partial charge >= 0.3 is 0 Å². The third-order valence-corrected chi connectivity index (χ3v) is 4.15. The molecule has 1 aliphatic carbocycles. The second-order valence-electron chi connectivity index (χ2n) is 5.56. The van der Waals surface area contributed by atoms with Crippen molar-refractivity contribution in [2.24, 2.45) is 7.05 Å². The molecule has 0 N–H and O–H groups in total. The van der Waals surface area contributed by atoms with E-state index in [0.29, 0.717) is 12.2 Å². The van der Waals surface area contributed by atoms with Gasteiger partial charge in [0.05, 0.1) is 5.69 Å². The van der Waals surface area contributed by atoms with E-state index in [0.717, 1.165) is 41.8 Å². The van der Waals surface area contributed by atoms with Gasteiger partial charge in [0.25, 0.3) is 0 Å². The molecule has 1 aromatic heterocycles. The first-order valence-electron chi connectivity index (χ1n) is 7.31. The normalized spacial score (nSPS) is 16.7. The molecule has 0 amide bonds. The molecule has 0 fully saturated rings. The Kier molecular flexibility index (Phi) is 4.56. The maximum atomic E-state index is 12.4. The number of nitrogens with zero attached hydrogens (tertiary/aromatic N) is 2. The lowest BCUT2D eigenvalue weighted by Crippen LogP contribution is -2.09. The fourth-order valence-corrected chi connectivity index (χ4v) is 2.79. The van der Waals surface area contributed by atoms with Crippen LogP contribution in [0.15, 0.2) is 11.6 Å². The summed E-state index contributed by atoms with van der Waals surface area (Å²) in [6.45, 7) is 4.03.